The van der Waals surface area contributed by atoms with Crippen molar-refractivity contribution in [2.75, 3.05) is 13.2 Å². The molecule has 1 fully saturated rings. The first-order valence-electron chi connectivity index (χ1n) is 4.05. The Morgan fingerprint density at radius 3 is 2.91 bits per heavy atom. The highest BCUT2D eigenvalue weighted by molar-refractivity contribution is 5.56. The summed E-state index contributed by atoms with van der Waals surface area (Å²) in [6, 6.07) is 0. The zero-order chi connectivity index (χ0) is 8.10. The third kappa shape index (κ3) is 2.60. The van der Waals surface area contributed by atoms with Gasteiger partial charge in [0.2, 0.25) is 0 Å². The van der Waals surface area contributed by atoms with Gasteiger partial charge in [0.05, 0.1) is 12.7 Å². The van der Waals surface area contributed by atoms with E-state index >= 15 is 0 Å². The van der Waals surface area contributed by atoms with E-state index in [1.807, 2.05) is 6.92 Å². The van der Waals surface area contributed by atoms with Gasteiger partial charge in [-0.1, -0.05) is 0 Å². The Hall–Kier alpha value is -0.410. The van der Waals surface area contributed by atoms with Crippen LogP contribution in [0.3, 0.4) is 0 Å². The highest BCUT2D eigenvalue weighted by atomic mass is 16.5. The van der Waals surface area contributed by atoms with E-state index in [4.69, 9.17) is 9.47 Å². The molecule has 1 aliphatic heterocycles. The monoisotopic (exact) mass is 158 g/mol. The van der Waals surface area contributed by atoms with Gasteiger partial charge in [0.1, 0.15) is 12.4 Å². The molecule has 1 aliphatic rings. The van der Waals surface area contributed by atoms with Crippen LogP contribution in [0.15, 0.2) is 0 Å². The average molecular weight is 158 g/mol. The fraction of sp³-hybridized carbons (Fsp3) is 0.875. The summed E-state index contributed by atoms with van der Waals surface area (Å²) < 4.78 is 10.5. The summed E-state index contributed by atoms with van der Waals surface area (Å²) in [6.45, 7) is 3.25. The van der Waals surface area contributed by atoms with Crippen LogP contribution in [-0.4, -0.2) is 31.7 Å². The minimum absolute atomic E-state index is 0.188. The van der Waals surface area contributed by atoms with Gasteiger partial charge in [-0.2, -0.15) is 0 Å². The minimum Gasteiger partial charge on any atom is -0.376 e. The number of carbonyl (C=O) groups excluding carboxylic acids is 1. The maximum Gasteiger partial charge on any atom is 0.148 e. The van der Waals surface area contributed by atoms with Crippen LogP contribution in [0.25, 0.3) is 0 Å². The van der Waals surface area contributed by atoms with Crippen molar-refractivity contribution < 1.29 is 14.3 Å². The molecule has 3 nitrogen and oxygen atoms in total. The Kier molecular flexibility index (Phi) is 3.52. The topological polar surface area (TPSA) is 35.5 Å². The van der Waals surface area contributed by atoms with Crippen LogP contribution >= 0.6 is 0 Å². The molecule has 64 valence electrons. The third-order valence-corrected chi connectivity index (χ3v) is 1.82. The summed E-state index contributed by atoms with van der Waals surface area (Å²) >= 11 is 0. The summed E-state index contributed by atoms with van der Waals surface area (Å²) in [5, 5.41) is 0. The summed E-state index contributed by atoms with van der Waals surface area (Å²) in [6.07, 6.45) is 2.62. The molecule has 3 heteroatoms. The molecule has 0 aromatic rings. The second-order valence-electron chi connectivity index (χ2n) is 2.66. The predicted molar refractivity (Wildman–Crippen MR) is 40.5 cm³/mol. The molecular formula is C8H14O3. The van der Waals surface area contributed by atoms with Gasteiger partial charge in [0.25, 0.3) is 0 Å². The molecule has 2 atom stereocenters. The van der Waals surface area contributed by atoms with Crippen molar-refractivity contribution in [1.82, 2.24) is 0 Å². The zero-order valence-corrected chi connectivity index (χ0v) is 6.79. The minimum atomic E-state index is -0.188. The lowest BCUT2D eigenvalue weighted by Crippen LogP contribution is -2.32. The Balaban J connectivity index is 2.18. The molecule has 0 aromatic carbocycles. The van der Waals surface area contributed by atoms with Crippen molar-refractivity contribution in [3.05, 3.63) is 0 Å². The van der Waals surface area contributed by atoms with Gasteiger partial charge in [-0.3, -0.25) is 0 Å². The molecule has 2 unspecified atom stereocenters. The molecule has 0 aromatic heterocycles. The first kappa shape index (κ1) is 8.68. The van der Waals surface area contributed by atoms with E-state index in [-0.39, 0.29) is 12.2 Å². The van der Waals surface area contributed by atoms with Crippen LogP contribution in [0.1, 0.15) is 19.8 Å². The summed E-state index contributed by atoms with van der Waals surface area (Å²) in [7, 11) is 0. The number of carbonyl (C=O) groups is 1. The van der Waals surface area contributed by atoms with E-state index in [0.717, 1.165) is 25.7 Å². The fourth-order valence-corrected chi connectivity index (χ4v) is 1.22. The molecule has 11 heavy (non-hydrogen) atoms. The largest absolute Gasteiger partial charge is 0.376 e. The molecule has 0 bridgehead atoms. The predicted octanol–water partition coefficient (Wildman–Crippen LogP) is 0.769. The molecule has 0 amide bonds. The second kappa shape index (κ2) is 4.46. The Morgan fingerprint density at radius 1 is 1.64 bits per heavy atom. The van der Waals surface area contributed by atoms with Crippen molar-refractivity contribution in [3.8, 4) is 0 Å². The lowest BCUT2D eigenvalue weighted by molar-refractivity contribution is -0.128. The van der Waals surface area contributed by atoms with E-state index in [1.165, 1.54) is 0 Å². The van der Waals surface area contributed by atoms with Crippen molar-refractivity contribution in [2.45, 2.75) is 32.0 Å². The molecule has 0 spiro atoms. The van der Waals surface area contributed by atoms with Crippen LogP contribution in [0.5, 0.6) is 0 Å². The summed E-state index contributed by atoms with van der Waals surface area (Å²) in [5.74, 6) is 0. The van der Waals surface area contributed by atoms with Gasteiger partial charge in [-0.05, 0) is 19.8 Å². The molecular weight excluding hydrogens is 144 g/mol. The Labute approximate surface area is 66.7 Å². The number of rotatable bonds is 3. The second-order valence-corrected chi connectivity index (χ2v) is 2.66. The molecule has 0 aliphatic carbocycles. The number of ether oxygens (including phenoxy) is 2. The van der Waals surface area contributed by atoms with E-state index < -0.39 is 0 Å². The normalized spacial score (nSPS) is 31.7. The van der Waals surface area contributed by atoms with Crippen LogP contribution < -0.4 is 0 Å². The maximum absolute atomic E-state index is 10.3. The van der Waals surface area contributed by atoms with E-state index in [2.05, 4.69) is 0 Å². The number of hydrogen-bond acceptors (Lipinski definition) is 3. The Bertz CT molecular complexity index is 117. The lowest BCUT2D eigenvalue weighted by atomic mass is 10.1. The van der Waals surface area contributed by atoms with E-state index in [9.17, 15) is 4.79 Å². The van der Waals surface area contributed by atoms with Gasteiger partial charge >= 0.3 is 0 Å². The van der Waals surface area contributed by atoms with E-state index in [0.29, 0.717) is 6.61 Å². The first-order chi connectivity index (χ1) is 5.36. The molecule has 0 saturated carbocycles. The smallest absolute Gasteiger partial charge is 0.148 e. The molecule has 0 radical (unpaired) electrons. The van der Waals surface area contributed by atoms with Crippen LogP contribution in [0, 0.1) is 0 Å². The number of aldehydes is 1. The van der Waals surface area contributed by atoms with Crippen LogP contribution in [0.4, 0.5) is 0 Å². The maximum atomic E-state index is 10.3. The third-order valence-electron chi connectivity index (χ3n) is 1.82. The summed E-state index contributed by atoms with van der Waals surface area (Å²) in [5.41, 5.74) is 0. The molecule has 1 heterocycles. The summed E-state index contributed by atoms with van der Waals surface area (Å²) in [4.78, 5) is 10.3. The van der Waals surface area contributed by atoms with Crippen LogP contribution in [0.2, 0.25) is 0 Å². The molecule has 1 rings (SSSR count). The van der Waals surface area contributed by atoms with Crippen molar-refractivity contribution in [2.24, 2.45) is 0 Å². The fourth-order valence-electron chi connectivity index (χ4n) is 1.22. The highest BCUT2D eigenvalue weighted by Crippen LogP contribution is 2.14. The van der Waals surface area contributed by atoms with E-state index in [1.54, 1.807) is 0 Å². The van der Waals surface area contributed by atoms with Crippen molar-refractivity contribution >= 4 is 6.29 Å². The molecule has 0 N–H and O–H groups in total. The van der Waals surface area contributed by atoms with Gasteiger partial charge in [0, 0.05) is 6.61 Å². The zero-order valence-electron chi connectivity index (χ0n) is 6.79. The number of hydrogen-bond donors (Lipinski definition) is 0. The SMILES string of the molecule is CCOC1CCC(C=O)OC1. The lowest BCUT2D eigenvalue weighted by Gasteiger charge is -2.25. The Morgan fingerprint density at radius 2 is 2.45 bits per heavy atom. The van der Waals surface area contributed by atoms with Crippen LogP contribution in [-0.2, 0) is 14.3 Å². The highest BCUT2D eigenvalue weighted by Gasteiger charge is 2.20. The van der Waals surface area contributed by atoms with Crippen molar-refractivity contribution in [1.29, 1.82) is 0 Å². The standard InChI is InChI=1S/C8H14O3/c1-2-10-8-4-3-7(5-9)11-6-8/h5,7-8H,2-4,6H2,1H3. The quantitative estimate of drug-likeness (QED) is 0.569. The first-order valence-corrected chi connectivity index (χ1v) is 4.05. The molecule has 1 saturated heterocycles. The van der Waals surface area contributed by atoms with Crippen molar-refractivity contribution in [3.63, 3.8) is 0 Å². The van der Waals surface area contributed by atoms with Gasteiger partial charge in [-0.15, -0.1) is 0 Å². The van der Waals surface area contributed by atoms with Gasteiger partial charge in [-0.25, -0.2) is 0 Å². The van der Waals surface area contributed by atoms with Gasteiger partial charge in [0.15, 0.2) is 0 Å². The van der Waals surface area contributed by atoms with Gasteiger partial charge < -0.3 is 14.3 Å². The average Bonchev–Trinajstić information content (AvgIpc) is 2.07.